The molecule has 3 aromatic rings. The van der Waals surface area contributed by atoms with Crippen molar-refractivity contribution in [2.45, 2.75) is 13.0 Å². The minimum Gasteiger partial charge on any atom is -0.368 e. The third kappa shape index (κ3) is 2.85. The number of nitrogens with one attached hydrogen (secondary N) is 1. The molecule has 0 radical (unpaired) electrons. The van der Waals surface area contributed by atoms with Crippen molar-refractivity contribution in [3.63, 3.8) is 0 Å². The van der Waals surface area contributed by atoms with Gasteiger partial charge in [-0.25, -0.2) is 9.97 Å². The summed E-state index contributed by atoms with van der Waals surface area (Å²) in [4.78, 5) is 24.9. The lowest BCUT2D eigenvalue weighted by molar-refractivity contribution is -0.120. The van der Waals surface area contributed by atoms with Crippen LogP contribution in [0.4, 0.5) is 5.82 Å². The van der Waals surface area contributed by atoms with E-state index in [-0.39, 0.29) is 11.9 Å². The Morgan fingerprint density at radius 2 is 2.12 bits per heavy atom. The van der Waals surface area contributed by atoms with Gasteiger partial charge in [0.05, 0.1) is 5.39 Å². The van der Waals surface area contributed by atoms with E-state index < -0.39 is 0 Å². The van der Waals surface area contributed by atoms with E-state index in [1.165, 1.54) is 16.0 Å². The summed E-state index contributed by atoms with van der Waals surface area (Å²) in [5.41, 5.74) is 7.83. The van der Waals surface area contributed by atoms with Gasteiger partial charge in [0.2, 0.25) is 5.91 Å². The zero-order valence-corrected chi connectivity index (χ0v) is 14.7. The molecule has 0 unspecified atom stereocenters. The predicted molar refractivity (Wildman–Crippen MR) is 101 cm³/mol. The lowest BCUT2D eigenvalue weighted by Gasteiger charge is -2.33. The Labute approximate surface area is 149 Å². The van der Waals surface area contributed by atoms with E-state index in [1.807, 2.05) is 18.2 Å². The molecule has 2 aromatic heterocycles. The van der Waals surface area contributed by atoms with Crippen LogP contribution < -0.4 is 16.0 Å². The summed E-state index contributed by atoms with van der Waals surface area (Å²) >= 11 is 1.68. The fraction of sp³-hybridized carbons (Fsp3) is 0.278. The standard InChI is InChI=1S/C18H19N5OS/c1-11-14-17(23-8-7-20-13(9-23)16(19)24)21-10-22-18(14)25-15(11)12-5-3-2-4-6-12/h2-6,10,13,20H,7-9H2,1H3,(H2,19,24)/t13-/m0/s1. The number of carbonyl (C=O) groups is 1. The van der Waals surface area contributed by atoms with Crippen LogP contribution >= 0.6 is 11.3 Å². The molecule has 128 valence electrons. The van der Waals surface area contributed by atoms with Gasteiger partial charge in [-0.3, -0.25) is 4.79 Å². The van der Waals surface area contributed by atoms with Crippen molar-refractivity contribution >= 4 is 33.3 Å². The van der Waals surface area contributed by atoms with Crippen LogP contribution in [0.5, 0.6) is 0 Å². The van der Waals surface area contributed by atoms with E-state index >= 15 is 0 Å². The summed E-state index contributed by atoms with van der Waals surface area (Å²) in [6, 6.07) is 9.96. The Bertz CT molecular complexity index is 924. The van der Waals surface area contributed by atoms with Gasteiger partial charge in [-0.05, 0) is 18.1 Å². The van der Waals surface area contributed by atoms with Crippen LogP contribution in [0.1, 0.15) is 5.56 Å². The van der Waals surface area contributed by atoms with E-state index in [9.17, 15) is 4.79 Å². The maximum absolute atomic E-state index is 11.6. The van der Waals surface area contributed by atoms with Gasteiger partial charge in [0.25, 0.3) is 0 Å². The van der Waals surface area contributed by atoms with Crippen molar-refractivity contribution in [2.75, 3.05) is 24.5 Å². The van der Waals surface area contributed by atoms with Crippen LogP contribution in [0.2, 0.25) is 0 Å². The SMILES string of the molecule is Cc1c(-c2ccccc2)sc2ncnc(N3CCN[C@H](C(N)=O)C3)c12. The van der Waals surface area contributed by atoms with Gasteiger partial charge in [0.1, 0.15) is 23.0 Å². The molecular formula is C18H19N5OS. The number of amides is 1. The lowest BCUT2D eigenvalue weighted by atomic mass is 10.1. The molecule has 1 atom stereocenters. The number of carbonyl (C=O) groups excluding carboxylic acids is 1. The molecule has 1 aliphatic heterocycles. The highest BCUT2D eigenvalue weighted by Gasteiger charge is 2.26. The molecule has 6 nitrogen and oxygen atoms in total. The molecule has 25 heavy (non-hydrogen) atoms. The number of nitrogens with zero attached hydrogens (tertiary/aromatic N) is 3. The summed E-state index contributed by atoms with van der Waals surface area (Å²) in [7, 11) is 0. The molecule has 4 rings (SSSR count). The molecule has 0 bridgehead atoms. The van der Waals surface area contributed by atoms with Crippen molar-refractivity contribution in [1.29, 1.82) is 0 Å². The fourth-order valence-corrected chi connectivity index (χ4v) is 4.44. The van der Waals surface area contributed by atoms with Crippen molar-refractivity contribution in [3.05, 3.63) is 42.2 Å². The highest BCUT2D eigenvalue weighted by atomic mass is 32.1. The average molecular weight is 353 g/mol. The quantitative estimate of drug-likeness (QED) is 0.752. The summed E-state index contributed by atoms with van der Waals surface area (Å²) in [6.07, 6.45) is 1.60. The third-order valence-corrected chi connectivity index (χ3v) is 5.81. The number of nitrogens with two attached hydrogens (primary N) is 1. The molecule has 0 aliphatic carbocycles. The van der Waals surface area contributed by atoms with Crippen molar-refractivity contribution < 1.29 is 4.79 Å². The van der Waals surface area contributed by atoms with Crippen LogP contribution in [0.25, 0.3) is 20.7 Å². The number of primary amides is 1. The molecule has 1 fully saturated rings. The number of aryl methyl sites for hydroxylation is 1. The first kappa shape index (κ1) is 16.0. The molecule has 3 N–H and O–H groups in total. The van der Waals surface area contributed by atoms with E-state index in [0.717, 1.165) is 22.6 Å². The lowest BCUT2D eigenvalue weighted by Crippen LogP contribution is -2.56. The zero-order valence-electron chi connectivity index (χ0n) is 13.9. The number of benzene rings is 1. The van der Waals surface area contributed by atoms with Gasteiger partial charge in [0, 0.05) is 24.5 Å². The normalized spacial score (nSPS) is 17.8. The Kier molecular flexibility index (Phi) is 4.10. The number of aromatic nitrogens is 2. The van der Waals surface area contributed by atoms with Crippen LogP contribution in [0, 0.1) is 6.92 Å². The molecule has 0 spiro atoms. The zero-order chi connectivity index (χ0) is 17.4. The van der Waals surface area contributed by atoms with Gasteiger partial charge in [-0.1, -0.05) is 30.3 Å². The van der Waals surface area contributed by atoms with Crippen LogP contribution in [0.15, 0.2) is 36.7 Å². The summed E-state index contributed by atoms with van der Waals surface area (Å²) in [6.45, 7) is 4.12. The number of anilines is 1. The molecule has 3 heterocycles. The van der Waals surface area contributed by atoms with E-state index in [0.29, 0.717) is 13.1 Å². The second kappa shape index (κ2) is 6.42. The minimum atomic E-state index is -0.355. The van der Waals surface area contributed by atoms with Crippen LogP contribution in [-0.2, 0) is 4.79 Å². The number of piperazine rings is 1. The average Bonchev–Trinajstić information content (AvgIpc) is 2.99. The largest absolute Gasteiger partial charge is 0.368 e. The fourth-order valence-electron chi connectivity index (χ4n) is 3.29. The van der Waals surface area contributed by atoms with Gasteiger partial charge >= 0.3 is 0 Å². The molecule has 7 heteroatoms. The van der Waals surface area contributed by atoms with E-state index in [4.69, 9.17) is 5.73 Å². The minimum absolute atomic E-state index is 0.331. The van der Waals surface area contributed by atoms with Crippen LogP contribution in [-0.4, -0.2) is 41.6 Å². The summed E-state index contributed by atoms with van der Waals surface area (Å²) < 4.78 is 0. The molecular weight excluding hydrogens is 334 g/mol. The number of thiophene rings is 1. The van der Waals surface area contributed by atoms with E-state index in [2.05, 4.69) is 39.2 Å². The number of rotatable bonds is 3. The summed E-state index contributed by atoms with van der Waals surface area (Å²) in [5.74, 6) is 0.552. The smallest absolute Gasteiger partial charge is 0.236 e. The van der Waals surface area contributed by atoms with Gasteiger partial charge in [-0.2, -0.15) is 0 Å². The first-order valence-corrected chi connectivity index (χ1v) is 9.04. The molecule has 1 aromatic carbocycles. The molecule has 1 amide bonds. The maximum atomic E-state index is 11.6. The third-order valence-electron chi connectivity index (χ3n) is 4.56. The second-order valence-corrected chi connectivity index (χ2v) is 7.15. The number of fused-ring (bicyclic) bond motifs is 1. The molecule has 1 saturated heterocycles. The predicted octanol–water partition coefficient (Wildman–Crippen LogP) is 1.93. The Hall–Kier alpha value is -2.51. The first-order valence-electron chi connectivity index (χ1n) is 8.22. The summed E-state index contributed by atoms with van der Waals surface area (Å²) in [5, 5.41) is 4.22. The maximum Gasteiger partial charge on any atom is 0.236 e. The Balaban J connectivity index is 1.80. The second-order valence-electron chi connectivity index (χ2n) is 6.15. The van der Waals surface area contributed by atoms with Gasteiger partial charge < -0.3 is 16.0 Å². The number of hydrogen-bond acceptors (Lipinski definition) is 6. The highest BCUT2D eigenvalue weighted by molar-refractivity contribution is 7.22. The Morgan fingerprint density at radius 1 is 1.32 bits per heavy atom. The first-order chi connectivity index (χ1) is 12.1. The van der Waals surface area contributed by atoms with Gasteiger partial charge in [-0.15, -0.1) is 11.3 Å². The molecule has 1 aliphatic rings. The van der Waals surface area contributed by atoms with E-state index in [1.54, 1.807) is 17.7 Å². The molecule has 0 saturated carbocycles. The highest BCUT2D eigenvalue weighted by Crippen LogP contribution is 2.40. The van der Waals surface area contributed by atoms with Gasteiger partial charge in [0.15, 0.2) is 0 Å². The van der Waals surface area contributed by atoms with Crippen molar-refractivity contribution in [1.82, 2.24) is 15.3 Å². The van der Waals surface area contributed by atoms with Crippen LogP contribution in [0.3, 0.4) is 0 Å². The number of hydrogen-bond donors (Lipinski definition) is 2. The Morgan fingerprint density at radius 3 is 2.88 bits per heavy atom. The van der Waals surface area contributed by atoms with Crippen molar-refractivity contribution in [3.8, 4) is 10.4 Å². The topological polar surface area (TPSA) is 84.1 Å². The monoisotopic (exact) mass is 353 g/mol. The van der Waals surface area contributed by atoms with Crippen molar-refractivity contribution in [2.24, 2.45) is 5.73 Å².